The van der Waals surface area contributed by atoms with Gasteiger partial charge in [-0.2, -0.15) is 13.2 Å². The minimum absolute atomic E-state index is 0.162. The number of hydrogen-bond donors (Lipinski definition) is 1. The molecule has 1 N–H and O–H groups in total. The number of nitrogens with zero attached hydrogens (tertiary/aromatic N) is 1. The van der Waals surface area contributed by atoms with Crippen molar-refractivity contribution in [2.75, 3.05) is 0 Å². The minimum Gasteiger partial charge on any atom is -0.389 e. The zero-order chi connectivity index (χ0) is 10.1. The van der Waals surface area contributed by atoms with E-state index in [4.69, 9.17) is 5.11 Å². The Hall–Kier alpha value is -1.10. The molecule has 0 saturated carbocycles. The molecule has 0 amide bonds. The third-order valence-corrected chi connectivity index (χ3v) is 1.57. The first kappa shape index (κ1) is 9.98. The van der Waals surface area contributed by atoms with Gasteiger partial charge in [0.15, 0.2) is 0 Å². The number of halogens is 3. The summed E-state index contributed by atoms with van der Waals surface area (Å²) in [7, 11) is 0. The van der Waals surface area contributed by atoms with Gasteiger partial charge < -0.3 is 5.11 Å². The third-order valence-electron chi connectivity index (χ3n) is 1.57. The summed E-state index contributed by atoms with van der Waals surface area (Å²) in [6.07, 6.45) is -3.40. The van der Waals surface area contributed by atoms with Crippen molar-refractivity contribution in [3.05, 3.63) is 29.6 Å². The topological polar surface area (TPSA) is 33.1 Å². The summed E-state index contributed by atoms with van der Waals surface area (Å²) in [4.78, 5) is 3.39. The van der Waals surface area contributed by atoms with Crippen molar-refractivity contribution in [2.45, 2.75) is 19.2 Å². The van der Waals surface area contributed by atoms with Crippen LogP contribution in [0.3, 0.4) is 0 Å². The number of aliphatic hydroxyl groups is 1. The van der Waals surface area contributed by atoms with E-state index in [-0.39, 0.29) is 5.56 Å². The molecule has 2 nitrogen and oxygen atoms in total. The van der Waals surface area contributed by atoms with Gasteiger partial charge in [-0.25, -0.2) is 0 Å². The van der Waals surface area contributed by atoms with Gasteiger partial charge in [0.05, 0.1) is 11.7 Å². The summed E-state index contributed by atoms with van der Waals surface area (Å²) in [6.45, 7) is 1.39. The normalized spacial score (nSPS) is 14.2. The number of pyridine rings is 1. The maximum atomic E-state index is 12.1. The molecule has 1 heterocycles. The summed E-state index contributed by atoms with van der Waals surface area (Å²) in [5.41, 5.74) is -0.680. The van der Waals surface area contributed by atoms with Crippen LogP contribution < -0.4 is 0 Å². The molecule has 1 aromatic heterocycles. The van der Waals surface area contributed by atoms with E-state index in [0.29, 0.717) is 0 Å². The molecule has 1 aromatic rings. The van der Waals surface area contributed by atoms with Gasteiger partial charge in [0.2, 0.25) is 0 Å². The van der Waals surface area contributed by atoms with Crippen LogP contribution in [-0.2, 0) is 6.18 Å². The highest BCUT2D eigenvalue weighted by molar-refractivity contribution is 5.21. The number of hydrogen-bond acceptors (Lipinski definition) is 2. The van der Waals surface area contributed by atoms with E-state index in [0.717, 1.165) is 12.3 Å². The van der Waals surface area contributed by atoms with Gasteiger partial charge in [0.25, 0.3) is 0 Å². The molecule has 1 unspecified atom stereocenters. The molecule has 0 spiro atoms. The monoisotopic (exact) mass is 191 g/mol. The Balaban J connectivity index is 3.06. The molecule has 0 aliphatic heterocycles. The second-order valence-electron chi connectivity index (χ2n) is 2.68. The Labute approximate surface area is 73.0 Å². The summed E-state index contributed by atoms with van der Waals surface area (Å²) in [5.74, 6) is 0. The molecule has 72 valence electrons. The van der Waals surface area contributed by atoms with E-state index in [2.05, 4.69) is 4.98 Å². The van der Waals surface area contributed by atoms with Crippen LogP contribution in [-0.4, -0.2) is 10.1 Å². The van der Waals surface area contributed by atoms with Crippen LogP contribution in [0.15, 0.2) is 18.5 Å². The molecular weight excluding hydrogens is 183 g/mol. The minimum atomic E-state index is -4.40. The average Bonchev–Trinajstić information content (AvgIpc) is 2.03. The van der Waals surface area contributed by atoms with Crippen LogP contribution in [0.4, 0.5) is 13.2 Å². The molecule has 1 atom stereocenters. The lowest BCUT2D eigenvalue weighted by Gasteiger charge is -2.08. The van der Waals surface area contributed by atoms with Crippen molar-refractivity contribution in [1.29, 1.82) is 0 Å². The predicted molar refractivity (Wildman–Crippen MR) is 39.9 cm³/mol. The van der Waals surface area contributed by atoms with Crippen LogP contribution in [0.5, 0.6) is 0 Å². The van der Waals surface area contributed by atoms with Crippen LogP contribution in [0.1, 0.15) is 24.2 Å². The molecule has 1 rings (SSSR count). The molecule has 0 aliphatic carbocycles. The Morgan fingerprint density at radius 2 is 2.00 bits per heavy atom. The van der Waals surface area contributed by atoms with Gasteiger partial charge in [0, 0.05) is 12.4 Å². The van der Waals surface area contributed by atoms with E-state index in [1.54, 1.807) is 0 Å². The summed E-state index contributed by atoms with van der Waals surface area (Å²) >= 11 is 0. The molecule has 0 aromatic carbocycles. The fraction of sp³-hybridized carbons (Fsp3) is 0.375. The van der Waals surface area contributed by atoms with Gasteiger partial charge in [-0.15, -0.1) is 0 Å². The Kier molecular flexibility index (Phi) is 2.56. The molecule has 0 aliphatic rings. The van der Waals surface area contributed by atoms with Crippen molar-refractivity contribution in [3.8, 4) is 0 Å². The smallest absolute Gasteiger partial charge is 0.389 e. The molecule has 13 heavy (non-hydrogen) atoms. The average molecular weight is 191 g/mol. The molecule has 0 bridgehead atoms. The first-order valence-electron chi connectivity index (χ1n) is 3.61. The quantitative estimate of drug-likeness (QED) is 0.737. The second-order valence-corrected chi connectivity index (χ2v) is 2.68. The summed E-state index contributed by atoms with van der Waals surface area (Å²) < 4.78 is 36.3. The fourth-order valence-electron chi connectivity index (χ4n) is 0.841. The van der Waals surface area contributed by atoms with Crippen LogP contribution in [0.2, 0.25) is 0 Å². The highest BCUT2D eigenvalue weighted by atomic mass is 19.4. The molecule has 0 fully saturated rings. The van der Waals surface area contributed by atoms with Gasteiger partial charge in [-0.05, 0) is 18.6 Å². The SMILES string of the molecule is CC(O)c1cncc(C(F)(F)F)c1. The second kappa shape index (κ2) is 3.33. The highest BCUT2D eigenvalue weighted by Crippen LogP contribution is 2.29. The molecule has 0 radical (unpaired) electrons. The maximum Gasteiger partial charge on any atom is 0.417 e. The fourth-order valence-corrected chi connectivity index (χ4v) is 0.841. The first-order valence-corrected chi connectivity index (χ1v) is 3.61. The van der Waals surface area contributed by atoms with Crippen molar-refractivity contribution >= 4 is 0 Å². The van der Waals surface area contributed by atoms with E-state index in [9.17, 15) is 13.2 Å². The van der Waals surface area contributed by atoms with E-state index < -0.39 is 17.8 Å². The highest BCUT2D eigenvalue weighted by Gasteiger charge is 2.31. The van der Waals surface area contributed by atoms with Gasteiger partial charge in [-0.3, -0.25) is 4.98 Å². The lowest BCUT2D eigenvalue weighted by Crippen LogP contribution is -2.06. The Morgan fingerprint density at radius 3 is 2.46 bits per heavy atom. The summed E-state index contributed by atoms with van der Waals surface area (Å²) in [6, 6.07) is 0.887. The predicted octanol–water partition coefficient (Wildman–Crippen LogP) is 2.15. The molecule has 5 heteroatoms. The van der Waals surface area contributed by atoms with Crippen molar-refractivity contribution < 1.29 is 18.3 Å². The number of rotatable bonds is 1. The first-order chi connectivity index (χ1) is 5.91. The Bertz CT molecular complexity index is 296. The molecular formula is C8H8F3NO. The number of aromatic nitrogens is 1. The Morgan fingerprint density at radius 1 is 1.38 bits per heavy atom. The largest absolute Gasteiger partial charge is 0.417 e. The van der Waals surface area contributed by atoms with Crippen LogP contribution >= 0.6 is 0 Å². The van der Waals surface area contributed by atoms with E-state index in [1.165, 1.54) is 13.1 Å². The van der Waals surface area contributed by atoms with Gasteiger partial charge in [0.1, 0.15) is 0 Å². The van der Waals surface area contributed by atoms with E-state index in [1.807, 2.05) is 0 Å². The van der Waals surface area contributed by atoms with Crippen molar-refractivity contribution in [1.82, 2.24) is 4.98 Å². The lowest BCUT2D eigenvalue weighted by molar-refractivity contribution is -0.137. The third kappa shape index (κ3) is 2.42. The van der Waals surface area contributed by atoms with Crippen molar-refractivity contribution in [3.63, 3.8) is 0 Å². The van der Waals surface area contributed by atoms with Crippen LogP contribution in [0.25, 0.3) is 0 Å². The molecule has 0 saturated heterocycles. The number of aliphatic hydroxyl groups excluding tert-OH is 1. The number of alkyl halides is 3. The lowest BCUT2D eigenvalue weighted by atomic mass is 10.1. The van der Waals surface area contributed by atoms with Crippen LogP contribution in [0, 0.1) is 0 Å². The summed E-state index contributed by atoms with van der Waals surface area (Å²) in [5, 5.41) is 9.01. The van der Waals surface area contributed by atoms with Gasteiger partial charge in [-0.1, -0.05) is 0 Å². The van der Waals surface area contributed by atoms with Crippen molar-refractivity contribution in [2.24, 2.45) is 0 Å². The van der Waals surface area contributed by atoms with Gasteiger partial charge >= 0.3 is 6.18 Å². The standard InChI is InChI=1S/C8H8F3NO/c1-5(13)6-2-7(4-12-3-6)8(9,10)11/h2-5,13H,1H3. The maximum absolute atomic E-state index is 12.1. The zero-order valence-electron chi connectivity index (χ0n) is 6.84. The van der Waals surface area contributed by atoms with E-state index >= 15 is 0 Å². The zero-order valence-corrected chi connectivity index (χ0v) is 6.84.